The minimum absolute atomic E-state index is 0.0733. The van der Waals surface area contributed by atoms with Gasteiger partial charge in [-0.15, -0.1) is 11.3 Å². The molecule has 0 atom stereocenters. The molecule has 2 amide bonds. The van der Waals surface area contributed by atoms with Gasteiger partial charge in [0.05, 0.1) is 4.88 Å². The molecule has 2 N–H and O–H groups in total. The van der Waals surface area contributed by atoms with Gasteiger partial charge < -0.3 is 15.5 Å². The summed E-state index contributed by atoms with van der Waals surface area (Å²) in [5, 5.41) is 7.48. The van der Waals surface area contributed by atoms with Crippen molar-refractivity contribution in [2.45, 2.75) is 19.9 Å². The maximum Gasteiger partial charge on any atom is 0.261 e. The van der Waals surface area contributed by atoms with Crippen molar-refractivity contribution in [3.63, 3.8) is 0 Å². The van der Waals surface area contributed by atoms with E-state index >= 15 is 0 Å². The van der Waals surface area contributed by atoms with Crippen LogP contribution in [0.15, 0.2) is 35.7 Å². The zero-order chi connectivity index (χ0) is 17.5. The van der Waals surface area contributed by atoms with Gasteiger partial charge in [0.15, 0.2) is 0 Å². The third-order valence-electron chi connectivity index (χ3n) is 3.62. The number of thiophene rings is 1. The lowest BCUT2D eigenvalue weighted by atomic mass is 10.1. The topological polar surface area (TPSA) is 61.4 Å². The molecule has 1 aromatic heterocycles. The summed E-state index contributed by atoms with van der Waals surface area (Å²) in [6, 6.07) is 9.74. The molecule has 0 fully saturated rings. The Hall–Kier alpha value is -2.34. The van der Waals surface area contributed by atoms with E-state index in [1.54, 1.807) is 6.07 Å². The van der Waals surface area contributed by atoms with E-state index in [9.17, 15) is 9.59 Å². The highest BCUT2D eigenvalue weighted by Crippen LogP contribution is 2.18. The SMILES string of the molecule is Cc1cc(CNC(=O)CCNC(=O)c2cccs2)ccc1N(C)C. The number of hydrogen-bond donors (Lipinski definition) is 2. The van der Waals surface area contributed by atoms with E-state index in [1.165, 1.54) is 22.6 Å². The van der Waals surface area contributed by atoms with E-state index < -0.39 is 0 Å². The van der Waals surface area contributed by atoms with Crippen molar-refractivity contribution >= 4 is 28.8 Å². The zero-order valence-electron chi connectivity index (χ0n) is 14.3. The highest BCUT2D eigenvalue weighted by Gasteiger charge is 2.08. The fourth-order valence-corrected chi connectivity index (χ4v) is 3.04. The summed E-state index contributed by atoms with van der Waals surface area (Å²) in [5.41, 5.74) is 3.41. The third kappa shape index (κ3) is 5.09. The lowest BCUT2D eigenvalue weighted by molar-refractivity contribution is -0.121. The van der Waals surface area contributed by atoms with Crippen LogP contribution in [0.3, 0.4) is 0 Å². The van der Waals surface area contributed by atoms with Crippen LogP contribution in [-0.2, 0) is 11.3 Å². The van der Waals surface area contributed by atoms with Crippen molar-refractivity contribution in [1.29, 1.82) is 0 Å². The average molecular weight is 345 g/mol. The number of carbonyl (C=O) groups is 2. The van der Waals surface area contributed by atoms with Crippen LogP contribution in [0, 0.1) is 6.92 Å². The molecule has 0 aliphatic rings. The fourth-order valence-electron chi connectivity index (χ4n) is 2.40. The highest BCUT2D eigenvalue weighted by molar-refractivity contribution is 7.12. The van der Waals surface area contributed by atoms with Gasteiger partial charge in [0.1, 0.15) is 0 Å². The summed E-state index contributed by atoms with van der Waals surface area (Å²) < 4.78 is 0. The minimum Gasteiger partial charge on any atom is -0.377 e. The van der Waals surface area contributed by atoms with Gasteiger partial charge in [0.2, 0.25) is 5.91 Å². The smallest absolute Gasteiger partial charge is 0.261 e. The molecular weight excluding hydrogens is 322 g/mol. The van der Waals surface area contributed by atoms with Crippen molar-refractivity contribution in [1.82, 2.24) is 10.6 Å². The number of rotatable bonds is 7. The number of amides is 2. The van der Waals surface area contributed by atoms with Crippen molar-refractivity contribution in [2.24, 2.45) is 0 Å². The summed E-state index contributed by atoms with van der Waals surface area (Å²) in [4.78, 5) is 26.4. The minimum atomic E-state index is -0.132. The molecule has 0 spiro atoms. The maximum atomic E-state index is 11.9. The molecule has 0 bridgehead atoms. The molecule has 0 saturated carbocycles. The summed E-state index contributed by atoms with van der Waals surface area (Å²) in [7, 11) is 4.02. The zero-order valence-corrected chi connectivity index (χ0v) is 15.1. The van der Waals surface area contributed by atoms with Crippen LogP contribution >= 0.6 is 11.3 Å². The van der Waals surface area contributed by atoms with Gasteiger partial charge in [-0.3, -0.25) is 9.59 Å². The van der Waals surface area contributed by atoms with Crippen LogP contribution in [0.2, 0.25) is 0 Å². The van der Waals surface area contributed by atoms with Gasteiger partial charge in [0, 0.05) is 39.3 Å². The normalized spacial score (nSPS) is 10.3. The summed E-state index contributed by atoms with van der Waals surface area (Å²) >= 11 is 1.39. The van der Waals surface area contributed by atoms with Crippen LogP contribution < -0.4 is 15.5 Å². The number of carbonyl (C=O) groups excluding carboxylic acids is 2. The molecule has 1 heterocycles. The number of anilines is 1. The summed E-state index contributed by atoms with van der Waals surface area (Å²) in [6.07, 6.45) is 0.270. The van der Waals surface area contributed by atoms with Crippen molar-refractivity contribution in [3.8, 4) is 0 Å². The van der Waals surface area contributed by atoms with Gasteiger partial charge in [-0.05, 0) is 35.6 Å². The number of aryl methyl sites for hydroxylation is 1. The molecule has 0 aliphatic carbocycles. The Labute approximate surface area is 146 Å². The van der Waals surface area contributed by atoms with E-state index in [2.05, 4.69) is 34.6 Å². The van der Waals surface area contributed by atoms with Gasteiger partial charge >= 0.3 is 0 Å². The average Bonchev–Trinajstić information content (AvgIpc) is 3.07. The molecule has 0 radical (unpaired) electrons. The Kier molecular flexibility index (Phi) is 6.37. The third-order valence-corrected chi connectivity index (χ3v) is 4.48. The second-order valence-corrected chi connectivity index (χ2v) is 6.72. The number of nitrogens with zero attached hydrogens (tertiary/aromatic N) is 1. The first-order valence-electron chi connectivity index (χ1n) is 7.82. The molecule has 0 unspecified atom stereocenters. The van der Waals surface area contributed by atoms with Crippen molar-refractivity contribution in [2.75, 3.05) is 25.5 Å². The number of nitrogens with one attached hydrogen (secondary N) is 2. The predicted octanol–water partition coefficient (Wildman–Crippen LogP) is 2.56. The van der Waals surface area contributed by atoms with Crippen LogP contribution in [-0.4, -0.2) is 32.5 Å². The molecule has 2 rings (SSSR count). The van der Waals surface area contributed by atoms with Crippen molar-refractivity contribution in [3.05, 3.63) is 51.7 Å². The second-order valence-electron chi connectivity index (χ2n) is 5.78. The first-order chi connectivity index (χ1) is 11.5. The molecule has 2 aromatic rings. The molecule has 0 saturated heterocycles. The Balaban J connectivity index is 1.73. The molecular formula is C18H23N3O2S. The lowest BCUT2D eigenvalue weighted by Gasteiger charge is -2.16. The largest absolute Gasteiger partial charge is 0.377 e. The van der Waals surface area contributed by atoms with Gasteiger partial charge in [0.25, 0.3) is 5.91 Å². The van der Waals surface area contributed by atoms with E-state index in [0.29, 0.717) is 18.0 Å². The first kappa shape index (κ1) is 18.0. The van der Waals surface area contributed by atoms with Crippen LogP contribution in [0.4, 0.5) is 5.69 Å². The molecule has 6 heteroatoms. The number of benzene rings is 1. The first-order valence-corrected chi connectivity index (χ1v) is 8.70. The van der Waals surface area contributed by atoms with E-state index in [1.807, 2.05) is 31.6 Å². The Morgan fingerprint density at radius 3 is 2.58 bits per heavy atom. The predicted molar refractivity (Wildman–Crippen MR) is 98.6 cm³/mol. The standard InChI is InChI=1S/C18H23N3O2S/c1-13-11-14(6-7-15(13)21(2)3)12-20-17(22)8-9-19-18(23)16-5-4-10-24-16/h4-7,10-11H,8-9,12H2,1-3H3,(H,19,23)(H,20,22). The molecule has 24 heavy (non-hydrogen) atoms. The Morgan fingerprint density at radius 1 is 1.17 bits per heavy atom. The van der Waals surface area contributed by atoms with Crippen molar-refractivity contribution < 1.29 is 9.59 Å². The second kappa shape index (κ2) is 8.49. The maximum absolute atomic E-state index is 11.9. The van der Waals surface area contributed by atoms with E-state index in [4.69, 9.17) is 0 Å². The van der Waals surface area contributed by atoms with Gasteiger partial charge in [-0.25, -0.2) is 0 Å². The lowest BCUT2D eigenvalue weighted by Crippen LogP contribution is -2.30. The molecule has 5 nitrogen and oxygen atoms in total. The quantitative estimate of drug-likeness (QED) is 0.811. The summed E-state index contributed by atoms with van der Waals surface area (Å²) in [5.74, 6) is -0.205. The Bertz CT molecular complexity index is 696. The molecule has 1 aromatic carbocycles. The number of hydrogen-bond acceptors (Lipinski definition) is 4. The summed E-state index contributed by atoms with van der Waals surface area (Å²) in [6.45, 7) is 2.88. The van der Waals surface area contributed by atoms with Crippen LogP contribution in [0.25, 0.3) is 0 Å². The van der Waals surface area contributed by atoms with E-state index in [-0.39, 0.29) is 18.2 Å². The fraction of sp³-hybridized carbons (Fsp3) is 0.333. The van der Waals surface area contributed by atoms with E-state index in [0.717, 1.165) is 5.56 Å². The highest BCUT2D eigenvalue weighted by atomic mass is 32.1. The molecule has 128 valence electrons. The monoisotopic (exact) mass is 345 g/mol. The van der Waals surface area contributed by atoms with Crippen LogP contribution in [0.1, 0.15) is 27.2 Å². The van der Waals surface area contributed by atoms with Gasteiger partial charge in [-0.1, -0.05) is 18.2 Å². The van der Waals surface area contributed by atoms with Gasteiger partial charge in [-0.2, -0.15) is 0 Å². The van der Waals surface area contributed by atoms with Crippen LogP contribution in [0.5, 0.6) is 0 Å². The Morgan fingerprint density at radius 2 is 1.96 bits per heavy atom. The molecule has 0 aliphatic heterocycles.